The van der Waals surface area contributed by atoms with Gasteiger partial charge in [-0.25, -0.2) is 24.3 Å². The highest BCUT2D eigenvalue weighted by atomic mass is 16.1. The number of fused-ring (bicyclic) bond motifs is 1. The second kappa shape index (κ2) is 8.35. The summed E-state index contributed by atoms with van der Waals surface area (Å²) in [6, 6.07) is 8.07. The van der Waals surface area contributed by atoms with Crippen LogP contribution < -0.4 is 16.3 Å². The van der Waals surface area contributed by atoms with Gasteiger partial charge in [0.15, 0.2) is 5.65 Å². The molecule has 4 heterocycles. The van der Waals surface area contributed by atoms with Gasteiger partial charge in [-0.15, -0.1) is 0 Å². The Morgan fingerprint density at radius 2 is 1.76 bits per heavy atom. The van der Waals surface area contributed by atoms with Crippen LogP contribution in [-0.2, 0) is 7.05 Å². The van der Waals surface area contributed by atoms with Crippen LogP contribution in [0.3, 0.4) is 0 Å². The molecule has 0 aromatic carbocycles. The summed E-state index contributed by atoms with van der Waals surface area (Å²) in [6.07, 6.45) is 9.66. The molecule has 1 aliphatic rings. The van der Waals surface area contributed by atoms with Crippen LogP contribution >= 0.6 is 0 Å². The normalized spacial score (nSPS) is 17.7. The van der Waals surface area contributed by atoms with Gasteiger partial charge in [0, 0.05) is 25.3 Å². The van der Waals surface area contributed by atoms with Crippen molar-refractivity contribution in [2.45, 2.75) is 38.3 Å². The molecule has 4 aromatic heterocycles. The first-order valence-electron chi connectivity index (χ1n) is 10.8. The first-order valence-corrected chi connectivity index (χ1v) is 10.8. The number of nitriles is 1. The summed E-state index contributed by atoms with van der Waals surface area (Å²) >= 11 is 0. The minimum atomic E-state index is -0.237. The fourth-order valence-corrected chi connectivity index (χ4v) is 4.24. The molecule has 0 aliphatic heterocycles. The van der Waals surface area contributed by atoms with Crippen LogP contribution in [0.15, 0.2) is 47.8 Å². The summed E-state index contributed by atoms with van der Waals surface area (Å²) in [4.78, 5) is 30.3. The number of aryl methyl sites for hydroxylation is 2. The highest BCUT2D eigenvalue weighted by Crippen LogP contribution is 2.25. The molecule has 0 spiro atoms. The van der Waals surface area contributed by atoms with E-state index in [-0.39, 0.29) is 5.69 Å². The van der Waals surface area contributed by atoms with E-state index < -0.39 is 0 Å². The zero-order valence-electron chi connectivity index (χ0n) is 18.4. The Kier molecular flexibility index (Phi) is 5.22. The van der Waals surface area contributed by atoms with Crippen molar-refractivity contribution in [3.05, 3.63) is 64.7 Å². The summed E-state index contributed by atoms with van der Waals surface area (Å²) in [5.74, 6) is 1.55. The Bertz CT molecular complexity index is 1400. The lowest BCUT2D eigenvalue weighted by molar-refractivity contribution is 0.719. The van der Waals surface area contributed by atoms with Gasteiger partial charge in [0.25, 0.3) is 0 Å². The van der Waals surface area contributed by atoms with Crippen LogP contribution in [0.1, 0.15) is 30.5 Å². The number of hydrogen-bond acceptors (Lipinski definition) is 8. The van der Waals surface area contributed by atoms with E-state index in [0.717, 1.165) is 36.6 Å². The first kappa shape index (κ1) is 20.6. The van der Waals surface area contributed by atoms with Gasteiger partial charge < -0.3 is 10.6 Å². The van der Waals surface area contributed by atoms with Crippen molar-refractivity contribution in [2.75, 3.05) is 10.6 Å². The van der Waals surface area contributed by atoms with E-state index in [4.69, 9.17) is 5.26 Å². The van der Waals surface area contributed by atoms with Crippen LogP contribution in [0, 0.1) is 18.3 Å². The summed E-state index contributed by atoms with van der Waals surface area (Å²) in [6.45, 7) is 1.92. The molecule has 0 saturated heterocycles. The Morgan fingerprint density at radius 3 is 2.42 bits per heavy atom. The molecule has 4 aromatic rings. The second-order valence-electron chi connectivity index (χ2n) is 8.30. The number of pyridine rings is 2. The van der Waals surface area contributed by atoms with Crippen molar-refractivity contribution in [1.82, 2.24) is 29.1 Å². The Balaban J connectivity index is 1.29. The molecule has 10 nitrogen and oxygen atoms in total. The van der Waals surface area contributed by atoms with E-state index in [2.05, 4.69) is 36.6 Å². The average molecular weight is 441 g/mol. The van der Waals surface area contributed by atoms with Gasteiger partial charge >= 0.3 is 5.69 Å². The van der Waals surface area contributed by atoms with E-state index in [0.29, 0.717) is 34.5 Å². The highest BCUT2D eigenvalue weighted by molar-refractivity contribution is 5.75. The minimum absolute atomic E-state index is 0.237. The molecule has 5 rings (SSSR count). The third-order valence-corrected chi connectivity index (χ3v) is 5.95. The maximum Gasteiger partial charge on any atom is 0.334 e. The minimum Gasteiger partial charge on any atom is -0.367 e. The molecule has 2 N–H and O–H groups in total. The maximum atomic E-state index is 12.8. The van der Waals surface area contributed by atoms with Gasteiger partial charge in [-0.05, 0) is 44.4 Å². The van der Waals surface area contributed by atoms with Crippen molar-refractivity contribution in [1.29, 1.82) is 5.26 Å². The molecule has 0 bridgehead atoms. The van der Waals surface area contributed by atoms with Crippen molar-refractivity contribution in [3.8, 4) is 11.8 Å². The maximum absolute atomic E-state index is 12.8. The molecule has 2 atom stereocenters. The summed E-state index contributed by atoms with van der Waals surface area (Å²) < 4.78 is 2.99. The second-order valence-corrected chi connectivity index (χ2v) is 8.30. The number of imidazole rings is 1. The molecule has 33 heavy (non-hydrogen) atoms. The van der Waals surface area contributed by atoms with Crippen molar-refractivity contribution in [3.63, 3.8) is 0 Å². The topological polar surface area (TPSA) is 126 Å². The molecule has 1 fully saturated rings. The van der Waals surface area contributed by atoms with Crippen LogP contribution in [0.25, 0.3) is 16.9 Å². The Morgan fingerprint density at radius 1 is 1.00 bits per heavy atom. The standard InChI is InChI=1S/C23H23N9O/c1-14-10-26-21(13-25-14)30-17-4-3-16(8-17)29-20-6-5-18(12-27-20)32-22-19(31(2)23(32)33)7-15(9-24)11-28-22/h5-7,10-13,16-17H,3-4,8H2,1-2H3,(H,26,30)(H,27,29)/t16-,17-/m0/s1. The van der Waals surface area contributed by atoms with Crippen molar-refractivity contribution in [2.24, 2.45) is 7.05 Å². The quantitative estimate of drug-likeness (QED) is 0.484. The molecular weight excluding hydrogens is 418 g/mol. The monoisotopic (exact) mass is 441 g/mol. The molecular formula is C23H23N9O. The van der Waals surface area contributed by atoms with Crippen LogP contribution in [0.4, 0.5) is 11.6 Å². The van der Waals surface area contributed by atoms with E-state index in [1.165, 1.54) is 15.3 Å². The molecule has 10 heteroatoms. The first-order chi connectivity index (χ1) is 16.0. The van der Waals surface area contributed by atoms with Crippen LogP contribution in [-0.4, -0.2) is 41.2 Å². The molecule has 0 unspecified atom stereocenters. The lowest BCUT2D eigenvalue weighted by atomic mass is 10.2. The lowest BCUT2D eigenvalue weighted by Gasteiger charge is -2.15. The lowest BCUT2D eigenvalue weighted by Crippen LogP contribution is -2.22. The van der Waals surface area contributed by atoms with E-state index in [9.17, 15) is 4.79 Å². The van der Waals surface area contributed by atoms with E-state index in [1.54, 1.807) is 31.7 Å². The van der Waals surface area contributed by atoms with Gasteiger partial charge in [0.2, 0.25) is 0 Å². The number of anilines is 2. The van der Waals surface area contributed by atoms with E-state index in [1.807, 2.05) is 19.1 Å². The van der Waals surface area contributed by atoms with Crippen LogP contribution in [0.2, 0.25) is 0 Å². The fourth-order valence-electron chi connectivity index (χ4n) is 4.24. The summed E-state index contributed by atoms with van der Waals surface area (Å²) in [7, 11) is 1.67. The number of hydrogen-bond donors (Lipinski definition) is 2. The molecule has 166 valence electrons. The molecule has 1 saturated carbocycles. The predicted molar refractivity (Wildman–Crippen MR) is 124 cm³/mol. The molecule has 0 amide bonds. The van der Waals surface area contributed by atoms with E-state index >= 15 is 0 Å². The number of aromatic nitrogens is 6. The fraction of sp³-hybridized carbons (Fsp3) is 0.304. The third-order valence-electron chi connectivity index (χ3n) is 5.95. The highest BCUT2D eigenvalue weighted by Gasteiger charge is 2.25. The Hall–Kier alpha value is -4.26. The molecule has 1 aliphatic carbocycles. The largest absolute Gasteiger partial charge is 0.367 e. The average Bonchev–Trinajstić information content (AvgIpc) is 3.37. The summed E-state index contributed by atoms with van der Waals surface area (Å²) in [5.41, 5.74) is 2.79. The zero-order valence-corrected chi connectivity index (χ0v) is 18.4. The van der Waals surface area contributed by atoms with Crippen molar-refractivity contribution < 1.29 is 0 Å². The molecule has 0 radical (unpaired) electrons. The number of nitrogens with zero attached hydrogens (tertiary/aromatic N) is 7. The van der Waals surface area contributed by atoms with Gasteiger partial charge in [-0.3, -0.25) is 9.55 Å². The van der Waals surface area contributed by atoms with Gasteiger partial charge in [0.1, 0.15) is 17.7 Å². The summed E-state index contributed by atoms with van der Waals surface area (Å²) in [5, 5.41) is 16.0. The van der Waals surface area contributed by atoms with Gasteiger partial charge in [0.05, 0.1) is 41.1 Å². The number of rotatable bonds is 5. The van der Waals surface area contributed by atoms with Crippen molar-refractivity contribution >= 4 is 22.8 Å². The Labute approximate surface area is 190 Å². The zero-order chi connectivity index (χ0) is 22.9. The van der Waals surface area contributed by atoms with Gasteiger partial charge in [-0.2, -0.15) is 5.26 Å². The third kappa shape index (κ3) is 4.01. The van der Waals surface area contributed by atoms with Gasteiger partial charge in [-0.1, -0.05) is 0 Å². The smallest absolute Gasteiger partial charge is 0.334 e. The number of nitrogens with one attached hydrogen (secondary N) is 2. The predicted octanol–water partition coefficient (Wildman–Crippen LogP) is 2.53. The SMILES string of the molecule is Cc1cnc(N[C@H]2CC[C@H](Nc3ccc(-n4c(=O)n(C)c5cc(C#N)cnc54)cn3)C2)cn1. The van der Waals surface area contributed by atoms with Crippen LogP contribution in [0.5, 0.6) is 0 Å².